The first-order chi connectivity index (χ1) is 12.7. The molecule has 3 aromatic rings. The maximum Gasteiger partial charge on any atom is 0.340 e. The van der Waals surface area contributed by atoms with Crippen LogP contribution in [-0.4, -0.2) is 18.1 Å². The first-order valence-electron chi connectivity index (χ1n) is 8.37. The summed E-state index contributed by atoms with van der Waals surface area (Å²) in [6, 6.07) is 21.2. The van der Waals surface area contributed by atoms with Crippen molar-refractivity contribution in [3.05, 3.63) is 77.5 Å². The van der Waals surface area contributed by atoms with Gasteiger partial charge in [-0.1, -0.05) is 67.6 Å². The van der Waals surface area contributed by atoms with Crippen LogP contribution in [0.25, 0.3) is 22.4 Å². The zero-order valence-electron chi connectivity index (χ0n) is 14.7. The van der Waals surface area contributed by atoms with Crippen molar-refractivity contribution in [3.63, 3.8) is 0 Å². The Balaban J connectivity index is 2.45. The molecule has 0 aliphatic heterocycles. The highest BCUT2D eigenvalue weighted by Crippen LogP contribution is 2.35. The van der Waals surface area contributed by atoms with Crippen molar-refractivity contribution < 1.29 is 9.53 Å². The van der Waals surface area contributed by atoms with Crippen molar-refractivity contribution in [1.82, 2.24) is 4.98 Å². The largest absolute Gasteiger partial charge is 0.465 e. The fourth-order valence-electron chi connectivity index (χ4n) is 3.02. The number of carbonyl (C=O) groups excluding carboxylic acids is 1. The van der Waals surface area contributed by atoms with E-state index in [4.69, 9.17) is 4.74 Å². The summed E-state index contributed by atoms with van der Waals surface area (Å²) in [4.78, 5) is 17.2. The van der Waals surface area contributed by atoms with Crippen LogP contribution in [0.1, 0.15) is 28.5 Å². The molecule has 128 valence electrons. The molecule has 0 bridgehead atoms. The lowest BCUT2D eigenvalue weighted by molar-refractivity contribution is 0.0600. The molecule has 0 saturated carbocycles. The summed E-state index contributed by atoms with van der Waals surface area (Å²) in [6.07, 6.45) is 0.551. The van der Waals surface area contributed by atoms with Gasteiger partial charge in [-0.3, -0.25) is 4.98 Å². The molecule has 4 heteroatoms. The zero-order chi connectivity index (χ0) is 18.5. The number of aromatic nitrogens is 1. The van der Waals surface area contributed by atoms with E-state index in [1.54, 1.807) is 0 Å². The Labute approximate surface area is 152 Å². The summed E-state index contributed by atoms with van der Waals surface area (Å²) in [7, 11) is 1.34. The third-order valence-corrected chi connectivity index (χ3v) is 4.22. The molecule has 0 spiro atoms. The van der Waals surface area contributed by atoms with Gasteiger partial charge in [0.15, 0.2) is 0 Å². The van der Waals surface area contributed by atoms with E-state index < -0.39 is 5.97 Å². The number of rotatable bonds is 4. The average Bonchev–Trinajstić information content (AvgIpc) is 2.72. The molecule has 0 atom stereocenters. The number of nitrogens with zero attached hydrogens (tertiary/aromatic N) is 2. The van der Waals surface area contributed by atoms with Gasteiger partial charge < -0.3 is 4.74 Å². The van der Waals surface area contributed by atoms with Crippen LogP contribution in [0.15, 0.2) is 60.7 Å². The maximum absolute atomic E-state index is 12.5. The molecule has 0 unspecified atom stereocenters. The minimum absolute atomic E-state index is 0.359. The van der Waals surface area contributed by atoms with Crippen molar-refractivity contribution >= 4 is 5.97 Å². The molecule has 0 aliphatic carbocycles. The summed E-state index contributed by atoms with van der Waals surface area (Å²) in [5.41, 5.74) is 4.14. The molecule has 0 fully saturated rings. The molecule has 0 aliphatic rings. The number of esters is 1. The molecule has 3 rings (SSSR count). The number of pyridine rings is 1. The van der Waals surface area contributed by atoms with Crippen molar-refractivity contribution in [3.8, 4) is 28.5 Å². The van der Waals surface area contributed by atoms with E-state index in [2.05, 4.69) is 11.1 Å². The van der Waals surface area contributed by atoms with Gasteiger partial charge >= 0.3 is 5.97 Å². The summed E-state index contributed by atoms with van der Waals surface area (Å²) in [5.74, 6) is -0.482. The van der Waals surface area contributed by atoms with Gasteiger partial charge in [-0.2, -0.15) is 5.26 Å². The topological polar surface area (TPSA) is 63.0 Å². The first-order valence-corrected chi connectivity index (χ1v) is 8.37. The fourth-order valence-corrected chi connectivity index (χ4v) is 3.02. The van der Waals surface area contributed by atoms with Gasteiger partial charge in [0.25, 0.3) is 0 Å². The third kappa shape index (κ3) is 3.07. The second-order valence-corrected chi connectivity index (χ2v) is 5.72. The molecule has 4 nitrogen and oxygen atoms in total. The van der Waals surface area contributed by atoms with E-state index in [1.165, 1.54) is 7.11 Å². The van der Waals surface area contributed by atoms with Crippen LogP contribution in [0.3, 0.4) is 0 Å². The van der Waals surface area contributed by atoms with Crippen LogP contribution in [0.2, 0.25) is 0 Å². The van der Waals surface area contributed by atoms with Gasteiger partial charge in [0.05, 0.1) is 29.6 Å². The highest BCUT2D eigenvalue weighted by Gasteiger charge is 2.25. The molecule has 1 heterocycles. The predicted molar refractivity (Wildman–Crippen MR) is 101 cm³/mol. The smallest absolute Gasteiger partial charge is 0.340 e. The summed E-state index contributed by atoms with van der Waals surface area (Å²) >= 11 is 0. The predicted octanol–water partition coefficient (Wildman–Crippen LogP) is 4.64. The first kappa shape index (κ1) is 17.4. The third-order valence-electron chi connectivity index (χ3n) is 4.22. The number of ether oxygens (including phenoxy) is 1. The molecule has 0 radical (unpaired) electrons. The van der Waals surface area contributed by atoms with Gasteiger partial charge in [0.2, 0.25) is 0 Å². The molecule has 0 saturated heterocycles. The minimum Gasteiger partial charge on any atom is -0.465 e. The van der Waals surface area contributed by atoms with Gasteiger partial charge in [0.1, 0.15) is 6.07 Å². The van der Waals surface area contributed by atoms with Crippen molar-refractivity contribution in [2.24, 2.45) is 0 Å². The van der Waals surface area contributed by atoms with E-state index in [0.29, 0.717) is 34.5 Å². The number of aryl methyl sites for hydroxylation is 1. The Morgan fingerprint density at radius 3 is 2.12 bits per heavy atom. The number of hydrogen-bond donors (Lipinski definition) is 0. The van der Waals surface area contributed by atoms with Crippen LogP contribution in [0.4, 0.5) is 0 Å². The number of methoxy groups -OCH3 is 1. The van der Waals surface area contributed by atoms with Crippen LogP contribution in [0, 0.1) is 11.3 Å². The SMILES string of the molecule is CCc1nc(-c2ccccc2)c(C#N)c(-c2ccccc2)c1C(=O)OC. The molecular formula is C22H18N2O2. The Hall–Kier alpha value is -3.45. The highest BCUT2D eigenvalue weighted by molar-refractivity contribution is 6.01. The Morgan fingerprint density at radius 2 is 1.62 bits per heavy atom. The van der Waals surface area contributed by atoms with Crippen LogP contribution < -0.4 is 0 Å². The summed E-state index contributed by atoms with van der Waals surface area (Å²) in [5, 5.41) is 9.92. The molecule has 0 amide bonds. The van der Waals surface area contributed by atoms with Crippen molar-refractivity contribution in [1.29, 1.82) is 5.26 Å². The lowest BCUT2D eigenvalue weighted by Gasteiger charge is -2.17. The number of hydrogen-bond acceptors (Lipinski definition) is 4. The summed E-state index contributed by atoms with van der Waals surface area (Å²) in [6.45, 7) is 1.93. The number of carbonyl (C=O) groups is 1. The van der Waals surface area contributed by atoms with E-state index in [9.17, 15) is 10.1 Å². The molecule has 1 aromatic heterocycles. The average molecular weight is 342 g/mol. The normalized spacial score (nSPS) is 10.2. The van der Waals surface area contributed by atoms with E-state index >= 15 is 0 Å². The van der Waals surface area contributed by atoms with Gasteiger partial charge in [-0.25, -0.2) is 4.79 Å². The van der Waals surface area contributed by atoms with Gasteiger partial charge in [-0.15, -0.1) is 0 Å². The van der Waals surface area contributed by atoms with E-state index in [0.717, 1.165) is 11.1 Å². The Morgan fingerprint density at radius 1 is 1.04 bits per heavy atom. The molecule has 0 N–H and O–H groups in total. The number of benzene rings is 2. The molecule has 2 aromatic carbocycles. The quantitative estimate of drug-likeness (QED) is 0.648. The standard InChI is InChI=1S/C22H18N2O2/c1-3-18-20(22(25)26-2)19(15-10-6-4-7-11-15)17(14-23)21(24-18)16-12-8-5-9-13-16/h4-13H,3H2,1-2H3. The Bertz CT molecular complexity index is 975. The van der Waals surface area contributed by atoms with Crippen LogP contribution >= 0.6 is 0 Å². The van der Waals surface area contributed by atoms with Gasteiger partial charge in [-0.05, 0) is 12.0 Å². The molecular weight excluding hydrogens is 324 g/mol. The monoisotopic (exact) mass is 342 g/mol. The van der Waals surface area contributed by atoms with Gasteiger partial charge in [0, 0.05) is 11.1 Å². The van der Waals surface area contributed by atoms with Crippen molar-refractivity contribution in [2.75, 3.05) is 7.11 Å². The lowest BCUT2D eigenvalue weighted by atomic mass is 9.90. The van der Waals surface area contributed by atoms with E-state index in [-0.39, 0.29) is 0 Å². The van der Waals surface area contributed by atoms with Crippen molar-refractivity contribution in [2.45, 2.75) is 13.3 Å². The Kier molecular flexibility index (Phi) is 5.09. The van der Waals surface area contributed by atoms with Crippen LogP contribution in [-0.2, 0) is 11.2 Å². The number of nitriles is 1. The maximum atomic E-state index is 12.5. The van der Waals surface area contributed by atoms with E-state index in [1.807, 2.05) is 67.6 Å². The van der Waals surface area contributed by atoms with Crippen LogP contribution in [0.5, 0.6) is 0 Å². The zero-order valence-corrected chi connectivity index (χ0v) is 14.7. The lowest BCUT2D eigenvalue weighted by Crippen LogP contribution is -2.12. The fraction of sp³-hybridized carbons (Fsp3) is 0.136. The molecule has 26 heavy (non-hydrogen) atoms. The second kappa shape index (κ2) is 7.62. The second-order valence-electron chi connectivity index (χ2n) is 5.72. The minimum atomic E-state index is -0.482. The summed E-state index contributed by atoms with van der Waals surface area (Å²) < 4.78 is 5.00. The highest BCUT2D eigenvalue weighted by atomic mass is 16.5.